The van der Waals surface area contributed by atoms with Gasteiger partial charge in [0.1, 0.15) is 4.64 Å². The normalized spacial score (nSPS) is 10.4. The van der Waals surface area contributed by atoms with E-state index in [1.54, 1.807) is 0 Å². The van der Waals surface area contributed by atoms with Gasteiger partial charge in [-0.3, -0.25) is 4.98 Å². The van der Waals surface area contributed by atoms with Crippen LogP contribution in [0.3, 0.4) is 0 Å². The van der Waals surface area contributed by atoms with Gasteiger partial charge < -0.3 is 4.98 Å². The lowest BCUT2D eigenvalue weighted by molar-refractivity contribution is 0.505. The van der Waals surface area contributed by atoms with Crippen molar-refractivity contribution in [3.05, 3.63) is 46.4 Å². The van der Waals surface area contributed by atoms with Gasteiger partial charge in [-0.2, -0.15) is 0 Å². The molecule has 0 spiro atoms. The third kappa shape index (κ3) is 1.86. The van der Waals surface area contributed by atoms with Crippen molar-refractivity contribution in [2.45, 2.75) is 6.92 Å². The molecule has 0 amide bonds. The Morgan fingerprint density at radius 3 is 2.62 bits per heavy atom. The first-order valence-corrected chi connectivity index (χ1v) is 4.99. The number of aryl methyl sites for hydroxylation is 1. The lowest BCUT2D eigenvalue weighted by atomic mass is 10.1. The van der Waals surface area contributed by atoms with Gasteiger partial charge in [0.05, 0.1) is 18.1 Å². The van der Waals surface area contributed by atoms with E-state index in [9.17, 15) is 8.78 Å². The van der Waals surface area contributed by atoms with Crippen molar-refractivity contribution in [3.63, 3.8) is 0 Å². The van der Waals surface area contributed by atoms with Gasteiger partial charge in [0.25, 0.3) is 0 Å². The molecule has 82 valence electrons. The topological polar surface area (TPSA) is 28.7 Å². The molecule has 0 aliphatic rings. The van der Waals surface area contributed by atoms with E-state index in [0.717, 1.165) is 0 Å². The molecule has 0 bridgehead atoms. The zero-order chi connectivity index (χ0) is 11.7. The largest absolute Gasteiger partial charge is 0.343 e. The number of hydrogen-bond acceptors (Lipinski definition) is 2. The molecule has 0 atom stereocenters. The molecule has 2 aromatic rings. The van der Waals surface area contributed by atoms with Crippen LogP contribution in [0, 0.1) is 23.2 Å². The monoisotopic (exact) mass is 238 g/mol. The summed E-state index contributed by atoms with van der Waals surface area (Å²) in [6, 6.07) is 3.01. The Bertz CT molecular complexity index is 593. The molecule has 1 aromatic heterocycles. The molecular weight excluding hydrogens is 230 g/mol. The molecule has 0 aliphatic carbocycles. The highest BCUT2D eigenvalue weighted by atomic mass is 32.1. The van der Waals surface area contributed by atoms with Crippen LogP contribution >= 0.6 is 12.2 Å². The summed E-state index contributed by atoms with van der Waals surface area (Å²) in [5, 5.41) is 0. The molecule has 0 fully saturated rings. The van der Waals surface area contributed by atoms with Gasteiger partial charge >= 0.3 is 0 Å². The summed E-state index contributed by atoms with van der Waals surface area (Å²) < 4.78 is 27.3. The number of H-pyrrole nitrogens is 1. The maximum atomic E-state index is 13.6. The van der Waals surface area contributed by atoms with Gasteiger partial charge in [-0.25, -0.2) is 8.78 Å². The molecule has 1 N–H and O–H groups in total. The SMILES string of the molecule is Cc1ccc(-c2cncc(=S)[nH]2)c(F)c1F. The molecule has 0 aliphatic heterocycles. The first kappa shape index (κ1) is 10.9. The van der Waals surface area contributed by atoms with Gasteiger partial charge in [0, 0.05) is 5.56 Å². The predicted molar refractivity (Wildman–Crippen MR) is 59.5 cm³/mol. The second-order valence-corrected chi connectivity index (χ2v) is 3.81. The van der Waals surface area contributed by atoms with E-state index in [4.69, 9.17) is 12.2 Å². The van der Waals surface area contributed by atoms with E-state index in [0.29, 0.717) is 10.3 Å². The van der Waals surface area contributed by atoms with Crippen LogP contribution in [0.15, 0.2) is 24.5 Å². The molecule has 1 heterocycles. The first-order valence-electron chi connectivity index (χ1n) is 4.59. The Morgan fingerprint density at radius 2 is 1.94 bits per heavy atom. The summed E-state index contributed by atoms with van der Waals surface area (Å²) in [7, 11) is 0. The third-order valence-electron chi connectivity index (χ3n) is 2.22. The van der Waals surface area contributed by atoms with Crippen molar-refractivity contribution < 1.29 is 8.78 Å². The summed E-state index contributed by atoms with van der Waals surface area (Å²) in [5.74, 6) is -1.74. The molecule has 2 nitrogen and oxygen atoms in total. The Labute approximate surface area is 96.0 Å². The summed E-state index contributed by atoms with van der Waals surface area (Å²) in [6.07, 6.45) is 2.84. The minimum atomic E-state index is -0.890. The van der Waals surface area contributed by atoms with E-state index < -0.39 is 11.6 Å². The number of halogens is 2. The number of benzene rings is 1. The van der Waals surface area contributed by atoms with Crippen molar-refractivity contribution >= 4 is 12.2 Å². The van der Waals surface area contributed by atoms with E-state index in [1.165, 1.54) is 31.5 Å². The average Bonchev–Trinajstić information content (AvgIpc) is 2.26. The molecule has 0 saturated carbocycles. The molecule has 0 radical (unpaired) electrons. The molecule has 2 rings (SSSR count). The zero-order valence-corrected chi connectivity index (χ0v) is 9.24. The summed E-state index contributed by atoms with van der Waals surface area (Å²) in [5.41, 5.74) is 0.759. The zero-order valence-electron chi connectivity index (χ0n) is 8.42. The fourth-order valence-corrected chi connectivity index (χ4v) is 1.54. The second-order valence-electron chi connectivity index (χ2n) is 3.37. The molecule has 0 unspecified atom stereocenters. The van der Waals surface area contributed by atoms with Gasteiger partial charge in [-0.05, 0) is 18.6 Å². The highest BCUT2D eigenvalue weighted by molar-refractivity contribution is 7.71. The fraction of sp³-hybridized carbons (Fsp3) is 0.0909. The minimum absolute atomic E-state index is 0.127. The van der Waals surface area contributed by atoms with E-state index in [-0.39, 0.29) is 11.1 Å². The Hall–Kier alpha value is -1.62. The fourth-order valence-electron chi connectivity index (χ4n) is 1.37. The van der Waals surface area contributed by atoms with Gasteiger partial charge in [-0.1, -0.05) is 18.3 Å². The quantitative estimate of drug-likeness (QED) is 0.771. The Balaban J connectivity index is 2.66. The number of aromatic amines is 1. The van der Waals surface area contributed by atoms with Crippen LogP contribution in [0.2, 0.25) is 0 Å². The van der Waals surface area contributed by atoms with Crippen molar-refractivity contribution in [2.24, 2.45) is 0 Å². The van der Waals surface area contributed by atoms with Crippen molar-refractivity contribution in [2.75, 3.05) is 0 Å². The molecule has 1 aromatic carbocycles. The number of aromatic nitrogens is 2. The number of nitrogens with one attached hydrogen (secondary N) is 1. The Morgan fingerprint density at radius 1 is 1.19 bits per heavy atom. The smallest absolute Gasteiger partial charge is 0.168 e. The molecule has 16 heavy (non-hydrogen) atoms. The van der Waals surface area contributed by atoms with Crippen LogP contribution in [0.25, 0.3) is 11.3 Å². The van der Waals surface area contributed by atoms with E-state index >= 15 is 0 Å². The lowest BCUT2D eigenvalue weighted by Gasteiger charge is -2.05. The summed E-state index contributed by atoms with van der Waals surface area (Å²) in [6.45, 7) is 1.51. The van der Waals surface area contributed by atoms with Crippen molar-refractivity contribution in [1.29, 1.82) is 0 Å². The highest BCUT2D eigenvalue weighted by Crippen LogP contribution is 2.23. The van der Waals surface area contributed by atoms with Crippen LogP contribution in [0.1, 0.15) is 5.56 Å². The van der Waals surface area contributed by atoms with E-state index in [2.05, 4.69) is 9.97 Å². The number of rotatable bonds is 1. The van der Waals surface area contributed by atoms with Crippen LogP contribution in [0.4, 0.5) is 8.78 Å². The maximum absolute atomic E-state index is 13.6. The Kier molecular flexibility index (Phi) is 2.78. The van der Waals surface area contributed by atoms with E-state index in [1.807, 2.05) is 0 Å². The maximum Gasteiger partial charge on any atom is 0.168 e. The number of hydrogen-bond donors (Lipinski definition) is 1. The third-order valence-corrected chi connectivity index (χ3v) is 2.43. The first-order chi connectivity index (χ1) is 7.59. The van der Waals surface area contributed by atoms with Gasteiger partial charge in [0.15, 0.2) is 11.6 Å². The van der Waals surface area contributed by atoms with Crippen molar-refractivity contribution in [1.82, 2.24) is 9.97 Å². The van der Waals surface area contributed by atoms with Crippen molar-refractivity contribution in [3.8, 4) is 11.3 Å². The summed E-state index contributed by atoms with van der Waals surface area (Å²) >= 11 is 4.87. The van der Waals surface area contributed by atoms with Crippen LogP contribution in [-0.4, -0.2) is 9.97 Å². The summed E-state index contributed by atoms with van der Waals surface area (Å²) in [4.78, 5) is 6.59. The average molecular weight is 238 g/mol. The highest BCUT2D eigenvalue weighted by Gasteiger charge is 2.12. The standard InChI is InChI=1S/C11H8F2N2S/c1-6-2-3-7(11(13)10(6)12)8-4-14-5-9(16)15-8/h2-5H,1H3,(H,15,16). The van der Waals surface area contributed by atoms with Crippen LogP contribution in [0.5, 0.6) is 0 Å². The minimum Gasteiger partial charge on any atom is -0.343 e. The molecular formula is C11H8F2N2S. The van der Waals surface area contributed by atoms with Gasteiger partial charge in [-0.15, -0.1) is 0 Å². The lowest BCUT2D eigenvalue weighted by Crippen LogP contribution is -1.95. The number of nitrogens with zero attached hydrogens (tertiary/aromatic N) is 1. The van der Waals surface area contributed by atoms with Gasteiger partial charge in [0.2, 0.25) is 0 Å². The predicted octanol–water partition coefficient (Wildman–Crippen LogP) is 3.39. The van der Waals surface area contributed by atoms with Crippen LogP contribution < -0.4 is 0 Å². The molecule has 5 heteroatoms. The van der Waals surface area contributed by atoms with Crippen LogP contribution in [-0.2, 0) is 0 Å². The second kappa shape index (κ2) is 4.09. The molecule has 0 saturated heterocycles.